The highest BCUT2D eigenvalue weighted by molar-refractivity contribution is 5.67. The van der Waals surface area contributed by atoms with Crippen LogP contribution in [0.25, 0.3) is 0 Å². The van der Waals surface area contributed by atoms with Crippen LogP contribution in [0.15, 0.2) is 23.3 Å². The van der Waals surface area contributed by atoms with Gasteiger partial charge in [-0.15, -0.1) is 0 Å². The topological polar surface area (TPSA) is 111 Å². The summed E-state index contributed by atoms with van der Waals surface area (Å²) < 4.78 is 0. The number of non-ortho nitro benzene ring substituents is 1. The lowest BCUT2D eigenvalue weighted by atomic mass is 10.2. The summed E-state index contributed by atoms with van der Waals surface area (Å²) in [5, 5.41) is 25.2. The maximum Gasteiger partial charge on any atom is 0.301 e. The maximum absolute atomic E-state index is 10.8. The van der Waals surface area contributed by atoms with E-state index in [0.29, 0.717) is 0 Å². The number of unbranched alkanes of at least 4 members (excludes halogenated alkanes) is 2. The molecule has 0 spiro atoms. The van der Waals surface area contributed by atoms with Crippen LogP contribution in [-0.2, 0) is 0 Å². The molecule has 0 heterocycles. The Bertz CT molecular complexity index is 501. The number of nitrogens with one attached hydrogen (secondary N) is 1. The van der Waals surface area contributed by atoms with Crippen molar-refractivity contribution in [3.63, 3.8) is 0 Å². The molecule has 0 aliphatic rings. The monoisotopic (exact) mass is 266 g/mol. The van der Waals surface area contributed by atoms with E-state index in [0.717, 1.165) is 25.3 Å². The first-order chi connectivity index (χ1) is 9.06. The summed E-state index contributed by atoms with van der Waals surface area (Å²) in [6.07, 6.45) is 4.40. The largest absolute Gasteiger partial charge is 0.301 e. The van der Waals surface area contributed by atoms with Gasteiger partial charge in [-0.05, 0) is 18.9 Å². The fourth-order valence-corrected chi connectivity index (χ4v) is 1.35. The molecule has 0 aromatic heterocycles. The van der Waals surface area contributed by atoms with Gasteiger partial charge in [0.2, 0.25) is 0 Å². The van der Waals surface area contributed by atoms with Crippen LogP contribution in [0.1, 0.15) is 26.2 Å². The van der Waals surface area contributed by atoms with Gasteiger partial charge < -0.3 is 0 Å². The van der Waals surface area contributed by atoms with Gasteiger partial charge in [0.05, 0.1) is 15.9 Å². The first kappa shape index (κ1) is 14.6. The highest BCUT2D eigenvalue weighted by Crippen LogP contribution is 2.28. The van der Waals surface area contributed by atoms with Gasteiger partial charge in [-0.1, -0.05) is 13.3 Å². The molecule has 1 aromatic rings. The molecular weight excluding hydrogens is 252 g/mol. The Hall–Kier alpha value is -2.51. The highest BCUT2D eigenvalue weighted by atomic mass is 16.6. The average Bonchev–Trinajstić information content (AvgIpc) is 2.38. The number of nitro groups is 2. The molecule has 0 bridgehead atoms. The summed E-state index contributed by atoms with van der Waals surface area (Å²) in [7, 11) is 0. The van der Waals surface area contributed by atoms with E-state index in [9.17, 15) is 20.2 Å². The summed E-state index contributed by atoms with van der Waals surface area (Å²) in [6, 6.07) is 3.37. The molecule has 8 heteroatoms. The zero-order valence-corrected chi connectivity index (χ0v) is 10.4. The molecule has 1 N–H and O–H groups in total. The molecule has 0 aliphatic carbocycles. The maximum atomic E-state index is 10.8. The molecule has 0 saturated carbocycles. The molecule has 1 rings (SSSR count). The SMILES string of the molecule is CCCC/C=N/Nc1ccc([N+](=O)[O-])cc1[N+](=O)[O-]. The fourth-order valence-electron chi connectivity index (χ4n) is 1.35. The van der Waals surface area contributed by atoms with Crippen LogP contribution >= 0.6 is 0 Å². The smallest absolute Gasteiger partial charge is 0.272 e. The van der Waals surface area contributed by atoms with Crippen molar-refractivity contribution in [2.24, 2.45) is 5.10 Å². The van der Waals surface area contributed by atoms with Crippen LogP contribution in [0.5, 0.6) is 0 Å². The van der Waals surface area contributed by atoms with Crippen molar-refractivity contribution in [1.29, 1.82) is 0 Å². The molecule has 0 unspecified atom stereocenters. The van der Waals surface area contributed by atoms with Gasteiger partial charge in [-0.2, -0.15) is 5.10 Å². The van der Waals surface area contributed by atoms with Gasteiger partial charge in [0.15, 0.2) is 0 Å². The van der Waals surface area contributed by atoms with Gasteiger partial charge >= 0.3 is 5.69 Å². The summed E-state index contributed by atoms with van der Waals surface area (Å²) in [4.78, 5) is 20.0. The van der Waals surface area contributed by atoms with Gasteiger partial charge in [-0.25, -0.2) is 0 Å². The second-order valence-corrected chi connectivity index (χ2v) is 3.78. The van der Waals surface area contributed by atoms with Crippen LogP contribution in [0.3, 0.4) is 0 Å². The summed E-state index contributed by atoms with van der Waals surface area (Å²) in [6.45, 7) is 2.04. The zero-order chi connectivity index (χ0) is 14.3. The number of benzene rings is 1. The first-order valence-corrected chi connectivity index (χ1v) is 5.76. The van der Waals surface area contributed by atoms with Crippen molar-refractivity contribution in [3.8, 4) is 0 Å². The number of nitro benzene ring substituents is 2. The number of anilines is 1. The predicted molar refractivity (Wildman–Crippen MR) is 71.4 cm³/mol. The molecule has 1 aromatic carbocycles. The van der Waals surface area contributed by atoms with E-state index < -0.39 is 9.85 Å². The van der Waals surface area contributed by atoms with E-state index >= 15 is 0 Å². The van der Waals surface area contributed by atoms with Crippen LogP contribution < -0.4 is 5.43 Å². The second kappa shape index (κ2) is 7.04. The minimum Gasteiger partial charge on any atom is -0.272 e. The van der Waals surface area contributed by atoms with Crippen LogP contribution in [0.4, 0.5) is 17.1 Å². The van der Waals surface area contributed by atoms with Crippen molar-refractivity contribution in [3.05, 3.63) is 38.4 Å². The zero-order valence-electron chi connectivity index (χ0n) is 10.4. The number of hydrogen-bond acceptors (Lipinski definition) is 6. The lowest BCUT2D eigenvalue weighted by molar-refractivity contribution is -0.393. The highest BCUT2D eigenvalue weighted by Gasteiger charge is 2.18. The van der Waals surface area contributed by atoms with E-state index in [2.05, 4.69) is 10.5 Å². The van der Waals surface area contributed by atoms with Gasteiger partial charge in [0, 0.05) is 12.3 Å². The van der Waals surface area contributed by atoms with Crippen LogP contribution in [0, 0.1) is 20.2 Å². The van der Waals surface area contributed by atoms with Gasteiger partial charge in [0.1, 0.15) is 5.69 Å². The standard InChI is InChI=1S/C11H14N4O4/c1-2-3-4-7-12-13-10-6-5-9(14(16)17)8-11(10)15(18)19/h5-8,13H,2-4H2,1H3/b12-7+. The van der Waals surface area contributed by atoms with Crippen molar-refractivity contribution < 1.29 is 9.85 Å². The summed E-state index contributed by atoms with van der Waals surface area (Å²) in [5.41, 5.74) is 1.95. The molecule has 0 saturated heterocycles. The Kier molecular flexibility index (Phi) is 5.39. The average molecular weight is 266 g/mol. The van der Waals surface area contributed by atoms with Gasteiger partial charge in [0.25, 0.3) is 5.69 Å². The normalized spacial score (nSPS) is 10.6. The molecule has 0 fully saturated rings. The third-order valence-electron chi connectivity index (χ3n) is 2.35. The molecule has 8 nitrogen and oxygen atoms in total. The number of nitrogens with zero attached hydrogens (tertiary/aromatic N) is 3. The van der Waals surface area contributed by atoms with Gasteiger partial charge in [-0.3, -0.25) is 25.7 Å². The van der Waals surface area contributed by atoms with Crippen molar-refractivity contribution in [2.75, 3.05) is 5.43 Å². The van der Waals surface area contributed by atoms with E-state index in [4.69, 9.17) is 0 Å². The summed E-state index contributed by atoms with van der Waals surface area (Å²) >= 11 is 0. The van der Waals surface area contributed by atoms with E-state index in [-0.39, 0.29) is 17.1 Å². The van der Waals surface area contributed by atoms with E-state index in [1.807, 2.05) is 6.92 Å². The molecule has 0 amide bonds. The number of hydrazone groups is 1. The van der Waals surface area contributed by atoms with Crippen molar-refractivity contribution in [2.45, 2.75) is 26.2 Å². The lowest BCUT2D eigenvalue weighted by Gasteiger charge is -2.01. The molecule has 0 atom stereocenters. The minimum absolute atomic E-state index is 0.128. The minimum atomic E-state index is -0.684. The van der Waals surface area contributed by atoms with Crippen LogP contribution in [-0.4, -0.2) is 16.1 Å². The quantitative estimate of drug-likeness (QED) is 0.353. The summed E-state index contributed by atoms with van der Waals surface area (Å²) in [5.74, 6) is 0. The predicted octanol–water partition coefficient (Wildman–Crippen LogP) is 3.09. The molecule has 0 aliphatic heterocycles. The lowest BCUT2D eigenvalue weighted by Crippen LogP contribution is -1.98. The molecule has 0 radical (unpaired) electrons. The third-order valence-corrected chi connectivity index (χ3v) is 2.35. The Labute approximate surface area is 109 Å². The number of hydrogen-bond donors (Lipinski definition) is 1. The molecular formula is C11H14N4O4. The molecule has 19 heavy (non-hydrogen) atoms. The van der Waals surface area contributed by atoms with Crippen molar-refractivity contribution in [1.82, 2.24) is 0 Å². The van der Waals surface area contributed by atoms with E-state index in [1.54, 1.807) is 6.21 Å². The second-order valence-electron chi connectivity index (χ2n) is 3.78. The van der Waals surface area contributed by atoms with E-state index in [1.165, 1.54) is 12.1 Å². The Balaban J connectivity index is 2.85. The fraction of sp³-hybridized carbons (Fsp3) is 0.364. The Morgan fingerprint density at radius 2 is 2.05 bits per heavy atom. The molecule has 102 valence electrons. The Morgan fingerprint density at radius 3 is 2.63 bits per heavy atom. The Morgan fingerprint density at radius 1 is 1.32 bits per heavy atom. The van der Waals surface area contributed by atoms with Crippen LogP contribution in [0.2, 0.25) is 0 Å². The first-order valence-electron chi connectivity index (χ1n) is 5.76. The number of rotatable bonds is 7. The third kappa shape index (κ3) is 4.34. The van der Waals surface area contributed by atoms with Crippen molar-refractivity contribution >= 4 is 23.3 Å².